The fourth-order valence-electron chi connectivity index (χ4n) is 2.15. The second kappa shape index (κ2) is 9.69. The number of methoxy groups -OCH3 is 1. The van der Waals surface area contributed by atoms with Crippen molar-refractivity contribution in [2.45, 2.75) is 6.92 Å². The Hall–Kier alpha value is -4.15. The zero-order valence-electron chi connectivity index (χ0n) is 15.5. The van der Waals surface area contributed by atoms with Crippen LogP contribution in [0.15, 0.2) is 45.9 Å². The van der Waals surface area contributed by atoms with Gasteiger partial charge in [0.25, 0.3) is 5.56 Å². The van der Waals surface area contributed by atoms with E-state index in [9.17, 15) is 24.3 Å². The van der Waals surface area contributed by atoms with Crippen molar-refractivity contribution in [3.05, 3.63) is 68.4 Å². The fraction of sp³-hybridized carbons (Fsp3) is 0.167. The molecule has 2 aromatic rings. The van der Waals surface area contributed by atoms with Gasteiger partial charge in [0.15, 0.2) is 0 Å². The van der Waals surface area contributed by atoms with Gasteiger partial charge in [-0.1, -0.05) is 6.07 Å². The van der Waals surface area contributed by atoms with E-state index in [2.05, 4.69) is 15.0 Å². The summed E-state index contributed by atoms with van der Waals surface area (Å²) in [6.07, 6.45) is 3.57. The molecule has 0 aliphatic heterocycles. The van der Waals surface area contributed by atoms with Crippen LogP contribution in [0, 0.1) is 0 Å². The summed E-state index contributed by atoms with van der Waals surface area (Å²) < 4.78 is 9.63. The van der Waals surface area contributed by atoms with Crippen molar-refractivity contribution < 1.29 is 24.2 Å². The van der Waals surface area contributed by atoms with Crippen LogP contribution in [0.2, 0.25) is 0 Å². The predicted octanol–water partition coefficient (Wildman–Crippen LogP) is -0.128. The molecule has 11 heteroatoms. The van der Waals surface area contributed by atoms with Gasteiger partial charge in [-0.2, -0.15) is 0 Å². The first kappa shape index (κ1) is 21.2. The molecule has 152 valence electrons. The summed E-state index contributed by atoms with van der Waals surface area (Å²) in [6.45, 7) is 1.75. The molecule has 2 rings (SSSR count). The molecular formula is C18H18N4O7. The summed E-state index contributed by atoms with van der Waals surface area (Å²) in [5.41, 5.74) is -2.29. The molecule has 0 unspecified atom stereocenters. The lowest BCUT2D eigenvalue weighted by Gasteiger charge is -2.09. The second-order valence-electron chi connectivity index (χ2n) is 5.36. The molecule has 0 aliphatic rings. The Balaban J connectivity index is 2.50. The number of rotatable bonds is 7. The van der Waals surface area contributed by atoms with Gasteiger partial charge in [-0.25, -0.2) is 14.4 Å². The highest BCUT2D eigenvalue weighted by Crippen LogP contribution is 2.14. The third-order valence-corrected chi connectivity index (χ3v) is 3.46. The van der Waals surface area contributed by atoms with Crippen LogP contribution in [0.5, 0.6) is 5.88 Å². The number of aromatic hydroxyl groups is 1. The summed E-state index contributed by atoms with van der Waals surface area (Å²) in [4.78, 5) is 55.4. The van der Waals surface area contributed by atoms with E-state index < -0.39 is 34.6 Å². The molecule has 0 aromatic carbocycles. The summed E-state index contributed by atoms with van der Waals surface area (Å²) >= 11 is 0. The molecule has 0 fully saturated rings. The molecule has 0 saturated carbocycles. The smallest absolute Gasteiger partial charge is 0.354 e. The Bertz CT molecular complexity index is 1070. The Morgan fingerprint density at radius 1 is 1.24 bits per heavy atom. The van der Waals surface area contributed by atoms with Crippen molar-refractivity contribution in [2.24, 2.45) is 0 Å². The molecular weight excluding hydrogens is 384 g/mol. The fourth-order valence-corrected chi connectivity index (χ4v) is 2.15. The van der Waals surface area contributed by atoms with E-state index in [0.717, 1.165) is 19.4 Å². The molecule has 0 radical (unpaired) electrons. The van der Waals surface area contributed by atoms with Crippen molar-refractivity contribution in [3.63, 3.8) is 0 Å². The number of H-pyrrole nitrogens is 2. The normalized spacial score (nSPS) is 11.7. The van der Waals surface area contributed by atoms with Gasteiger partial charge in [0, 0.05) is 12.4 Å². The van der Waals surface area contributed by atoms with E-state index >= 15 is 0 Å². The first-order valence-corrected chi connectivity index (χ1v) is 8.28. The third kappa shape index (κ3) is 5.42. The average molecular weight is 402 g/mol. The number of aromatic nitrogens is 3. The van der Waals surface area contributed by atoms with Crippen molar-refractivity contribution >= 4 is 23.6 Å². The van der Waals surface area contributed by atoms with Crippen molar-refractivity contribution in [2.75, 3.05) is 13.7 Å². The number of hydrogen-bond donors (Lipinski definition) is 4. The largest absolute Gasteiger partial charge is 0.494 e. The molecule has 0 spiro atoms. The Labute approximate surface area is 163 Å². The zero-order chi connectivity index (χ0) is 21.4. The lowest BCUT2D eigenvalue weighted by molar-refractivity contribution is -0.137. The molecule has 0 bridgehead atoms. The average Bonchev–Trinajstić information content (AvgIpc) is 2.69. The summed E-state index contributed by atoms with van der Waals surface area (Å²) in [6, 6.07) is 4.87. The van der Waals surface area contributed by atoms with Crippen molar-refractivity contribution in [3.8, 4) is 5.88 Å². The van der Waals surface area contributed by atoms with Gasteiger partial charge in [-0.05, 0) is 25.1 Å². The zero-order valence-corrected chi connectivity index (χ0v) is 15.5. The first-order chi connectivity index (χ1) is 13.9. The number of aromatic amines is 2. The van der Waals surface area contributed by atoms with Crippen LogP contribution in [0.1, 0.15) is 18.2 Å². The van der Waals surface area contributed by atoms with Crippen LogP contribution >= 0.6 is 0 Å². The predicted molar refractivity (Wildman–Crippen MR) is 101 cm³/mol. The van der Waals surface area contributed by atoms with Gasteiger partial charge in [0.1, 0.15) is 16.8 Å². The lowest BCUT2D eigenvalue weighted by atomic mass is 10.2. The van der Waals surface area contributed by atoms with Crippen LogP contribution in [-0.2, 0) is 19.1 Å². The highest BCUT2D eigenvalue weighted by atomic mass is 16.5. The molecule has 0 saturated heterocycles. The van der Waals surface area contributed by atoms with Crippen LogP contribution in [0.25, 0.3) is 11.6 Å². The number of nitrogens with zero attached hydrogens (tertiary/aromatic N) is 1. The topological polar surface area (TPSA) is 163 Å². The molecule has 2 aromatic heterocycles. The molecule has 11 nitrogen and oxygen atoms in total. The van der Waals surface area contributed by atoms with Gasteiger partial charge < -0.3 is 19.9 Å². The summed E-state index contributed by atoms with van der Waals surface area (Å²) in [7, 11) is 1.10. The molecule has 0 amide bonds. The third-order valence-electron chi connectivity index (χ3n) is 3.46. The van der Waals surface area contributed by atoms with Crippen LogP contribution in [0.3, 0.4) is 0 Å². The number of carbonyl (C=O) groups excluding carboxylic acids is 2. The number of hydrogen-bond acceptors (Lipinski definition) is 9. The molecule has 0 aliphatic carbocycles. The van der Waals surface area contributed by atoms with E-state index in [0.29, 0.717) is 0 Å². The van der Waals surface area contributed by atoms with E-state index in [4.69, 9.17) is 4.74 Å². The monoisotopic (exact) mass is 402 g/mol. The molecule has 0 atom stereocenters. The minimum Gasteiger partial charge on any atom is -0.494 e. The Morgan fingerprint density at radius 2 is 2.00 bits per heavy atom. The molecule has 29 heavy (non-hydrogen) atoms. The van der Waals surface area contributed by atoms with Crippen LogP contribution in [-0.4, -0.2) is 45.7 Å². The number of nitrogens with one attached hydrogen (secondary N) is 3. The number of esters is 2. The second-order valence-corrected chi connectivity index (χ2v) is 5.36. The van der Waals surface area contributed by atoms with Gasteiger partial charge in [0.2, 0.25) is 5.88 Å². The van der Waals surface area contributed by atoms with Crippen LogP contribution in [0.4, 0.5) is 0 Å². The van der Waals surface area contributed by atoms with Gasteiger partial charge >= 0.3 is 17.6 Å². The van der Waals surface area contributed by atoms with E-state index in [1.807, 2.05) is 9.97 Å². The quantitative estimate of drug-likeness (QED) is 0.365. The lowest BCUT2D eigenvalue weighted by Crippen LogP contribution is -2.25. The molecule has 4 N–H and O–H groups in total. The SMILES string of the molecule is CCOC(=O)/C(=C/N/C(=C\c1c(O)[nH]c(=O)[nH]c1=O)C(=O)OC)c1ccccn1. The number of ether oxygens (including phenoxy) is 2. The van der Waals surface area contributed by atoms with E-state index in [-0.39, 0.29) is 23.6 Å². The first-order valence-electron chi connectivity index (χ1n) is 8.28. The Kier molecular flexibility index (Phi) is 7.07. The van der Waals surface area contributed by atoms with Crippen LogP contribution < -0.4 is 16.6 Å². The highest BCUT2D eigenvalue weighted by Gasteiger charge is 2.17. The van der Waals surface area contributed by atoms with Crippen molar-refractivity contribution in [1.29, 1.82) is 0 Å². The van der Waals surface area contributed by atoms with Gasteiger partial charge in [-0.3, -0.25) is 19.7 Å². The van der Waals surface area contributed by atoms with Gasteiger partial charge in [0.05, 0.1) is 19.4 Å². The Morgan fingerprint density at radius 3 is 2.59 bits per heavy atom. The molecule has 2 heterocycles. The van der Waals surface area contributed by atoms with E-state index in [1.54, 1.807) is 25.1 Å². The maximum atomic E-state index is 12.3. The van der Waals surface area contributed by atoms with Gasteiger partial charge in [-0.15, -0.1) is 0 Å². The minimum absolute atomic E-state index is 0.00172. The standard InChI is InChI=1S/C18H18N4O7/c1-3-29-16(25)11(12-6-4-5-7-19-12)9-20-13(17(26)28-2)8-10-14(23)21-18(27)22-15(10)24/h4-9,20H,3H2,1-2H3,(H3,21,22,23,24,27)/b11-9+,13-8-. The number of pyridine rings is 1. The summed E-state index contributed by atoms with van der Waals surface area (Å²) in [5.74, 6) is -2.36. The maximum absolute atomic E-state index is 12.3. The minimum atomic E-state index is -0.936. The highest BCUT2D eigenvalue weighted by molar-refractivity contribution is 6.15. The maximum Gasteiger partial charge on any atom is 0.354 e. The summed E-state index contributed by atoms with van der Waals surface area (Å²) in [5, 5.41) is 12.3. The number of carbonyl (C=O) groups is 2. The van der Waals surface area contributed by atoms with Crippen molar-refractivity contribution in [1.82, 2.24) is 20.3 Å². The van der Waals surface area contributed by atoms with E-state index in [1.165, 1.54) is 6.20 Å².